The van der Waals surface area contributed by atoms with Gasteiger partial charge in [0.2, 0.25) is 0 Å². The molecule has 158 valence electrons. The van der Waals surface area contributed by atoms with E-state index >= 15 is 0 Å². The van der Waals surface area contributed by atoms with Gasteiger partial charge in [0.1, 0.15) is 5.15 Å². The lowest BCUT2D eigenvalue weighted by molar-refractivity contribution is -0.0721. The van der Waals surface area contributed by atoms with Gasteiger partial charge >= 0.3 is 0 Å². The monoisotopic (exact) mass is 522 g/mol. The summed E-state index contributed by atoms with van der Waals surface area (Å²) in [5.74, 6) is 0.964. The molecule has 0 bridgehead atoms. The van der Waals surface area contributed by atoms with E-state index in [1.165, 1.54) is 18.4 Å². The summed E-state index contributed by atoms with van der Waals surface area (Å²) >= 11 is 5.83. The molecule has 1 aromatic heterocycles. The average molecular weight is 523 g/mol. The Morgan fingerprint density at radius 3 is 2.79 bits per heavy atom. The second-order valence-electron chi connectivity index (χ2n) is 7.22. The van der Waals surface area contributed by atoms with Gasteiger partial charge in [-0.3, -0.25) is 4.99 Å². The third kappa shape index (κ3) is 7.65. The van der Waals surface area contributed by atoms with Crippen molar-refractivity contribution in [2.24, 2.45) is 4.99 Å². The minimum Gasteiger partial charge on any atom is -0.376 e. The zero-order valence-electron chi connectivity index (χ0n) is 16.6. The molecule has 2 aliphatic rings. The predicted molar refractivity (Wildman–Crippen MR) is 124 cm³/mol. The van der Waals surface area contributed by atoms with Crippen LogP contribution < -0.4 is 5.32 Å². The number of pyridine rings is 1. The number of aromatic nitrogens is 1. The largest absolute Gasteiger partial charge is 0.376 e. The van der Waals surface area contributed by atoms with Gasteiger partial charge in [-0.25, -0.2) is 4.98 Å². The second-order valence-corrected chi connectivity index (χ2v) is 7.61. The first-order valence-corrected chi connectivity index (χ1v) is 10.4. The first-order chi connectivity index (χ1) is 13.2. The number of rotatable bonds is 6. The van der Waals surface area contributed by atoms with Crippen LogP contribution in [0.1, 0.15) is 37.7 Å². The lowest BCUT2D eigenvalue weighted by Crippen LogP contribution is -2.47. The van der Waals surface area contributed by atoms with E-state index in [9.17, 15) is 0 Å². The van der Waals surface area contributed by atoms with Crippen molar-refractivity contribution in [1.29, 1.82) is 0 Å². The molecule has 1 aromatic rings. The van der Waals surface area contributed by atoms with Crippen LogP contribution >= 0.6 is 35.6 Å². The molecular formula is C20H32ClIN4O2. The van der Waals surface area contributed by atoms with Crippen LogP contribution in [0, 0.1) is 0 Å². The highest BCUT2D eigenvalue weighted by molar-refractivity contribution is 14.0. The molecule has 0 aliphatic carbocycles. The second kappa shape index (κ2) is 12.8. The summed E-state index contributed by atoms with van der Waals surface area (Å²) in [6.45, 7) is 4.40. The van der Waals surface area contributed by atoms with Crippen LogP contribution in [0.25, 0.3) is 0 Å². The molecule has 2 aliphatic heterocycles. The smallest absolute Gasteiger partial charge is 0.193 e. The summed E-state index contributed by atoms with van der Waals surface area (Å²) in [4.78, 5) is 10.9. The van der Waals surface area contributed by atoms with E-state index in [0.29, 0.717) is 17.4 Å². The van der Waals surface area contributed by atoms with Crippen LogP contribution in [0.5, 0.6) is 0 Å². The molecule has 6 nitrogen and oxygen atoms in total. The summed E-state index contributed by atoms with van der Waals surface area (Å²) in [7, 11) is 1.84. The van der Waals surface area contributed by atoms with Gasteiger partial charge in [-0.2, -0.15) is 0 Å². The number of likely N-dealkylation sites (tertiary alicyclic amines) is 1. The molecular weight excluding hydrogens is 491 g/mol. The van der Waals surface area contributed by atoms with Crippen LogP contribution in [0.4, 0.5) is 0 Å². The van der Waals surface area contributed by atoms with E-state index < -0.39 is 0 Å². The summed E-state index contributed by atoms with van der Waals surface area (Å²) in [5.41, 5.74) is 1.17. The Kier molecular flexibility index (Phi) is 10.8. The van der Waals surface area contributed by atoms with E-state index in [1.54, 1.807) is 0 Å². The van der Waals surface area contributed by atoms with E-state index in [-0.39, 0.29) is 24.0 Å². The van der Waals surface area contributed by atoms with Gasteiger partial charge < -0.3 is 19.7 Å². The fourth-order valence-corrected chi connectivity index (χ4v) is 3.73. The Morgan fingerprint density at radius 2 is 2.14 bits per heavy atom. The first kappa shape index (κ1) is 23.6. The fourth-order valence-electron chi connectivity index (χ4n) is 3.62. The standard InChI is InChI=1S/C20H31ClN4O2.HI/c1-22-20(23-10-7-16-5-6-19(21)24-14-16)25-11-8-17(9-12-25)27-15-18-4-2-3-13-26-18;/h5-6,14,17-18H,2-4,7-13,15H2,1H3,(H,22,23);1H. The zero-order valence-corrected chi connectivity index (χ0v) is 19.7. The van der Waals surface area contributed by atoms with Gasteiger partial charge in [0.15, 0.2) is 5.96 Å². The van der Waals surface area contributed by atoms with E-state index in [2.05, 4.69) is 20.2 Å². The van der Waals surface area contributed by atoms with Crippen molar-refractivity contribution < 1.29 is 9.47 Å². The third-order valence-corrected chi connectivity index (χ3v) is 5.45. The molecule has 1 atom stereocenters. The molecule has 2 saturated heterocycles. The molecule has 1 unspecified atom stereocenters. The molecule has 28 heavy (non-hydrogen) atoms. The third-order valence-electron chi connectivity index (χ3n) is 5.23. The molecule has 0 saturated carbocycles. The highest BCUT2D eigenvalue weighted by Gasteiger charge is 2.23. The van der Waals surface area contributed by atoms with E-state index in [4.69, 9.17) is 21.1 Å². The van der Waals surface area contributed by atoms with Crippen molar-refractivity contribution in [3.63, 3.8) is 0 Å². The quantitative estimate of drug-likeness (QED) is 0.268. The molecule has 1 N–H and O–H groups in total. The average Bonchev–Trinajstić information content (AvgIpc) is 2.72. The van der Waals surface area contributed by atoms with Gasteiger partial charge in [-0.15, -0.1) is 24.0 Å². The number of hydrogen-bond acceptors (Lipinski definition) is 4. The lowest BCUT2D eigenvalue weighted by Gasteiger charge is -2.35. The van der Waals surface area contributed by atoms with Crippen LogP contribution in [-0.2, 0) is 15.9 Å². The number of hydrogen-bond donors (Lipinski definition) is 1. The summed E-state index contributed by atoms with van der Waals surface area (Å²) in [6, 6.07) is 3.84. The topological polar surface area (TPSA) is 59.0 Å². The summed E-state index contributed by atoms with van der Waals surface area (Å²) in [6.07, 6.45) is 9.02. The molecule has 8 heteroatoms. The minimum atomic E-state index is 0. The van der Waals surface area contributed by atoms with Crippen molar-refractivity contribution in [1.82, 2.24) is 15.2 Å². The number of aliphatic imine (C=N–C) groups is 1. The summed E-state index contributed by atoms with van der Waals surface area (Å²) in [5, 5.41) is 3.99. The molecule has 3 heterocycles. The van der Waals surface area contributed by atoms with Crippen molar-refractivity contribution >= 4 is 41.5 Å². The highest BCUT2D eigenvalue weighted by atomic mass is 127. The predicted octanol–water partition coefficient (Wildman–Crippen LogP) is 3.52. The maximum atomic E-state index is 6.10. The van der Waals surface area contributed by atoms with Crippen LogP contribution in [0.2, 0.25) is 5.15 Å². The van der Waals surface area contributed by atoms with Crippen LogP contribution in [-0.4, -0.2) is 67.9 Å². The summed E-state index contributed by atoms with van der Waals surface area (Å²) < 4.78 is 11.9. The fraction of sp³-hybridized carbons (Fsp3) is 0.700. The lowest BCUT2D eigenvalue weighted by atomic mass is 10.1. The minimum absolute atomic E-state index is 0. The molecule has 3 rings (SSSR count). The van der Waals surface area contributed by atoms with E-state index in [0.717, 1.165) is 64.5 Å². The van der Waals surface area contributed by atoms with Gasteiger partial charge in [0, 0.05) is 39.5 Å². The number of nitrogens with zero attached hydrogens (tertiary/aromatic N) is 3. The molecule has 0 amide bonds. The maximum Gasteiger partial charge on any atom is 0.193 e. The Morgan fingerprint density at radius 1 is 1.32 bits per heavy atom. The van der Waals surface area contributed by atoms with Crippen LogP contribution in [0.15, 0.2) is 23.3 Å². The number of piperidine rings is 1. The number of ether oxygens (including phenoxy) is 2. The number of halogens is 2. The van der Waals surface area contributed by atoms with Crippen molar-refractivity contribution in [3.05, 3.63) is 29.0 Å². The van der Waals surface area contributed by atoms with Gasteiger partial charge in [-0.05, 0) is 50.2 Å². The number of guanidine groups is 1. The van der Waals surface area contributed by atoms with Crippen molar-refractivity contribution in [2.45, 2.75) is 50.7 Å². The van der Waals surface area contributed by atoms with Crippen LogP contribution in [0.3, 0.4) is 0 Å². The zero-order chi connectivity index (χ0) is 18.9. The highest BCUT2D eigenvalue weighted by Crippen LogP contribution is 2.18. The van der Waals surface area contributed by atoms with Crippen molar-refractivity contribution in [3.8, 4) is 0 Å². The number of nitrogens with one attached hydrogen (secondary N) is 1. The maximum absolute atomic E-state index is 6.10. The molecule has 2 fully saturated rings. The normalized spacial score (nSPS) is 21.3. The van der Waals surface area contributed by atoms with Gasteiger partial charge in [-0.1, -0.05) is 17.7 Å². The Hall–Kier alpha value is -0.640. The Balaban J connectivity index is 0.00000280. The molecule has 0 radical (unpaired) electrons. The SMILES string of the molecule is CN=C(NCCc1ccc(Cl)nc1)N1CCC(OCC2CCCCO2)CC1.I. The first-order valence-electron chi connectivity index (χ1n) is 10.0. The Labute approximate surface area is 190 Å². The van der Waals surface area contributed by atoms with Gasteiger partial charge in [0.05, 0.1) is 18.8 Å². The van der Waals surface area contributed by atoms with Gasteiger partial charge in [0.25, 0.3) is 0 Å². The van der Waals surface area contributed by atoms with E-state index in [1.807, 2.05) is 25.4 Å². The van der Waals surface area contributed by atoms with Crippen molar-refractivity contribution in [2.75, 3.05) is 39.9 Å². The molecule has 0 spiro atoms. The molecule has 0 aromatic carbocycles. The Bertz CT molecular complexity index is 588.